The third kappa shape index (κ3) is 7.70. The van der Waals surface area contributed by atoms with E-state index in [4.69, 9.17) is 5.11 Å². The molecule has 0 aliphatic heterocycles. The predicted molar refractivity (Wildman–Crippen MR) is 40.4 cm³/mol. The lowest BCUT2D eigenvalue weighted by Gasteiger charge is -1.92. The van der Waals surface area contributed by atoms with Crippen LogP contribution in [-0.4, -0.2) is 11.7 Å². The second kappa shape index (κ2) is 7.70. The number of rotatable bonds is 5. The molecule has 0 radical (unpaired) electrons. The first-order valence-corrected chi connectivity index (χ1v) is 3.64. The molecule has 0 unspecified atom stereocenters. The van der Waals surface area contributed by atoms with Crippen molar-refractivity contribution in [3.05, 3.63) is 12.2 Å². The van der Waals surface area contributed by atoms with Crippen LogP contribution in [0.1, 0.15) is 32.6 Å². The number of unbranched alkanes of at least 4 members (excludes halogenated alkanes) is 3. The molecule has 9 heavy (non-hydrogen) atoms. The van der Waals surface area contributed by atoms with Crippen molar-refractivity contribution >= 4 is 0 Å². The average Bonchev–Trinajstić information content (AvgIpc) is 1.89. The Morgan fingerprint density at radius 2 is 2.00 bits per heavy atom. The van der Waals surface area contributed by atoms with Crippen LogP contribution in [0.3, 0.4) is 0 Å². The maximum absolute atomic E-state index is 8.40. The molecule has 0 atom stereocenters. The first-order valence-electron chi connectivity index (χ1n) is 3.64. The molecule has 1 heteroatoms. The van der Waals surface area contributed by atoms with Crippen LogP contribution >= 0.6 is 0 Å². The van der Waals surface area contributed by atoms with Crippen molar-refractivity contribution in [3.63, 3.8) is 0 Å². The van der Waals surface area contributed by atoms with Crippen molar-refractivity contribution in [2.24, 2.45) is 0 Å². The standard InChI is InChI=1S/C8H16O/c1-2-3-4-5-6-7-8-9/h2-3,9H,4-8H2,1H3. The first kappa shape index (κ1) is 8.70. The normalized spacial score (nSPS) is 10.9. The van der Waals surface area contributed by atoms with Crippen molar-refractivity contribution in [2.75, 3.05) is 6.61 Å². The highest BCUT2D eigenvalue weighted by Crippen LogP contribution is 1.98. The van der Waals surface area contributed by atoms with Crippen LogP contribution in [0.15, 0.2) is 12.2 Å². The van der Waals surface area contributed by atoms with E-state index in [-0.39, 0.29) is 0 Å². The summed E-state index contributed by atoms with van der Waals surface area (Å²) in [7, 11) is 0. The minimum Gasteiger partial charge on any atom is -0.396 e. The van der Waals surface area contributed by atoms with Crippen molar-refractivity contribution in [1.29, 1.82) is 0 Å². The summed E-state index contributed by atoms with van der Waals surface area (Å²) in [5.74, 6) is 0. The second-order valence-electron chi connectivity index (χ2n) is 2.14. The van der Waals surface area contributed by atoms with Gasteiger partial charge in [0, 0.05) is 6.61 Å². The molecule has 0 saturated carbocycles. The van der Waals surface area contributed by atoms with Gasteiger partial charge in [0.25, 0.3) is 0 Å². The van der Waals surface area contributed by atoms with E-state index in [9.17, 15) is 0 Å². The number of allylic oxidation sites excluding steroid dienone is 2. The van der Waals surface area contributed by atoms with Crippen molar-refractivity contribution in [3.8, 4) is 0 Å². The lowest BCUT2D eigenvalue weighted by atomic mass is 10.2. The molecule has 0 fully saturated rings. The minimum absolute atomic E-state index is 0.343. The first-order chi connectivity index (χ1) is 4.41. The molecule has 0 heterocycles. The highest BCUT2D eigenvalue weighted by molar-refractivity contribution is 4.75. The average molecular weight is 128 g/mol. The summed E-state index contributed by atoms with van der Waals surface area (Å²) in [6.07, 6.45) is 8.72. The summed E-state index contributed by atoms with van der Waals surface area (Å²) in [6, 6.07) is 0. The quantitative estimate of drug-likeness (QED) is 0.444. The van der Waals surface area contributed by atoms with E-state index in [0.29, 0.717) is 6.61 Å². The Balaban J connectivity index is 2.75. The van der Waals surface area contributed by atoms with Crippen LogP contribution in [0.4, 0.5) is 0 Å². The van der Waals surface area contributed by atoms with Gasteiger partial charge < -0.3 is 5.11 Å². The Hall–Kier alpha value is -0.300. The Morgan fingerprint density at radius 1 is 1.22 bits per heavy atom. The molecule has 0 aromatic rings. The second-order valence-corrected chi connectivity index (χ2v) is 2.14. The zero-order valence-electron chi connectivity index (χ0n) is 6.14. The third-order valence-electron chi connectivity index (χ3n) is 1.26. The predicted octanol–water partition coefficient (Wildman–Crippen LogP) is 2.12. The molecule has 0 spiro atoms. The zero-order valence-corrected chi connectivity index (χ0v) is 6.14. The van der Waals surface area contributed by atoms with Gasteiger partial charge in [-0.2, -0.15) is 0 Å². The molecule has 0 aromatic carbocycles. The molecule has 0 aliphatic carbocycles. The summed E-state index contributed by atoms with van der Waals surface area (Å²) in [5, 5.41) is 8.40. The Labute approximate surface area is 57.4 Å². The van der Waals surface area contributed by atoms with Crippen LogP contribution in [0.25, 0.3) is 0 Å². The number of aliphatic hydroxyl groups excluding tert-OH is 1. The smallest absolute Gasteiger partial charge is 0.0431 e. The molecule has 0 aliphatic rings. The molecular formula is C8H16O. The van der Waals surface area contributed by atoms with Crippen molar-refractivity contribution < 1.29 is 5.11 Å². The van der Waals surface area contributed by atoms with Gasteiger partial charge in [-0.15, -0.1) is 0 Å². The van der Waals surface area contributed by atoms with Gasteiger partial charge in [0.1, 0.15) is 0 Å². The fraction of sp³-hybridized carbons (Fsp3) is 0.750. The van der Waals surface area contributed by atoms with Gasteiger partial charge in [-0.05, 0) is 26.2 Å². The molecule has 0 rings (SSSR count). The van der Waals surface area contributed by atoms with E-state index in [2.05, 4.69) is 12.2 Å². The number of aliphatic hydroxyl groups is 1. The van der Waals surface area contributed by atoms with Crippen LogP contribution in [0, 0.1) is 0 Å². The molecular weight excluding hydrogens is 112 g/mol. The van der Waals surface area contributed by atoms with Crippen LogP contribution in [0.5, 0.6) is 0 Å². The fourth-order valence-electron chi connectivity index (χ4n) is 0.717. The maximum Gasteiger partial charge on any atom is 0.0431 e. The monoisotopic (exact) mass is 128 g/mol. The van der Waals surface area contributed by atoms with Gasteiger partial charge in [-0.25, -0.2) is 0 Å². The van der Waals surface area contributed by atoms with Crippen LogP contribution in [0.2, 0.25) is 0 Å². The van der Waals surface area contributed by atoms with E-state index in [1.807, 2.05) is 6.92 Å². The summed E-state index contributed by atoms with van der Waals surface area (Å²) < 4.78 is 0. The molecule has 54 valence electrons. The summed E-state index contributed by atoms with van der Waals surface area (Å²) in [6.45, 7) is 2.38. The zero-order chi connectivity index (χ0) is 6.95. The fourth-order valence-corrected chi connectivity index (χ4v) is 0.717. The summed E-state index contributed by atoms with van der Waals surface area (Å²) in [5.41, 5.74) is 0. The van der Waals surface area contributed by atoms with Crippen LogP contribution in [-0.2, 0) is 0 Å². The van der Waals surface area contributed by atoms with Gasteiger partial charge in [-0.3, -0.25) is 0 Å². The molecule has 0 amide bonds. The van der Waals surface area contributed by atoms with E-state index in [0.717, 1.165) is 19.3 Å². The van der Waals surface area contributed by atoms with E-state index < -0.39 is 0 Å². The van der Waals surface area contributed by atoms with Crippen LogP contribution < -0.4 is 0 Å². The molecule has 1 nitrogen and oxygen atoms in total. The lowest BCUT2D eigenvalue weighted by molar-refractivity contribution is 0.283. The molecule has 0 saturated heterocycles. The third-order valence-corrected chi connectivity index (χ3v) is 1.26. The Bertz CT molecular complexity index is 67.0. The maximum atomic E-state index is 8.40. The van der Waals surface area contributed by atoms with Gasteiger partial charge in [-0.1, -0.05) is 18.6 Å². The van der Waals surface area contributed by atoms with Gasteiger partial charge in [0.05, 0.1) is 0 Å². The van der Waals surface area contributed by atoms with Gasteiger partial charge in [0.2, 0.25) is 0 Å². The van der Waals surface area contributed by atoms with Crippen molar-refractivity contribution in [2.45, 2.75) is 32.6 Å². The van der Waals surface area contributed by atoms with Gasteiger partial charge >= 0.3 is 0 Å². The lowest BCUT2D eigenvalue weighted by Crippen LogP contribution is -1.81. The summed E-state index contributed by atoms with van der Waals surface area (Å²) >= 11 is 0. The molecule has 0 bridgehead atoms. The van der Waals surface area contributed by atoms with Gasteiger partial charge in [0.15, 0.2) is 0 Å². The summed E-state index contributed by atoms with van der Waals surface area (Å²) in [4.78, 5) is 0. The highest BCUT2D eigenvalue weighted by atomic mass is 16.2. The van der Waals surface area contributed by atoms with E-state index in [1.165, 1.54) is 6.42 Å². The van der Waals surface area contributed by atoms with E-state index >= 15 is 0 Å². The largest absolute Gasteiger partial charge is 0.396 e. The SMILES string of the molecule is CC=CCCCCCO. The highest BCUT2D eigenvalue weighted by Gasteiger charge is 1.82. The topological polar surface area (TPSA) is 20.2 Å². The Morgan fingerprint density at radius 3 is 2.56 bits per heavy atom. The Kier molecular flexibility index (Phi) is 7.44. The van der Waals surface area contributed by atoms with E-state index in [1.54, 1.807) is 0 Å². The number of hydrogen-bond acceptors (Lipinski definition) is 1. The number of hydrogen-bond donors (Lipinski definition) is 1. The van der Waals surface area contributed by atoms with Crippen molar-refractivity contribution in [1.82, 2.24) is 0 Å². The molecule has 0 aromatic heterocycles. The minimum atomic E-state index is 0.343. The molecule has 1 N–H and O–H groups in total.